The van der Waals surface area contributed by atoms with Crippen LogP contribution in [0.15, 0.2) is 65.6 Å². The quantitative estimate of drug-likeness (QED) is 0.653. The average molecular weight is 408 g/mol. The van der Waals surface area contributed by atoms with Gasteiger partial charge in [-0.2, -0.15) is 0 Å². The third kappa shape index (κ3) is 4.10. The Hall–Kier alpha value is -2.27. The van der Waals surface area contributed by atoms with Crippen LogP contribution in [0.25, 0.3) is 0 Å². The zero-order valence-corrected chi connectivity index (χ0v) is 15.6. The number of nitrogens with one attached hydrogen (secondary N) is 1. The van der Waals surface area contributed by atoms with Gasteiger partial charge < -0.3 is 9.88 Å². The van der Waals surface area contributed by atoms with Gasteiger partial charge in [-0.05, 0) is 42.0 Å². The molecule has 3 rings (SSSR count). The van der Waals surface area contributed by atoms with E-state index in [0.29, 0.717) is 15.7 Å². The summed E-state index contributed by atoms with van der Waals surface area (Å²) in [4.78, 5) is 25.2. The van der Waals surface area contributed by atoms with Crippen LogP contribution < -0.4 is 10.9 Å². The average Bonchev–Trinajstić information content (AvgIpc) is 2.61. The minimum absolute atomic E-state index is 0.00516. The van der Waals surface area contributed by atoms with E-state index in [1.165, 1.54) is 16.7 Å². The van der Waals surface area contributed by atoms with Gasteiger partial charge in [0.1, 0.15) is 5.56 Å². The van der Waals surface area contributed by atoms with Crippen molar-refractivity contribution in [2.24, 2.45) is 0 Å². The minimum Gasteiger partial charge on any atom is -0.320 e. The van der Waals surface area contributed by atoms with Crippen LogP contribution in [0.3, 0.4) is 0 Å². The van der Waals surface area contributed by atoms with E-state index in [1.807, 2.05) is 18.2 Å². The van der Waals surface area contributed by atoms with Crippen molar-refractivity contribution in [2.75, 3.05) is 5.32 Å². The van der Waals surface area contributed by atoms with Gasteiger partial charge in [-0.1, -0.05) is 53.0 Å². The number of hydrogen-bond donors (Lipinski definition) is 1. The number of carbonyl (C=O) groups is 1. The zero-order chi connectivity index (χ0) is 18.7. The highest BCUT2D eigenvalue weighted by atomic mass is 35.5. The van der Waals surface area contributed by atoms with Gasteiger partial charge in [0.15, 0.2) is 0 Å². The van der Waals surface area contributed by atoms with Crippen molar-refractivity contribution in [2.45, 2.75) is 6.54 Å². The van der Waals surface area contributed by atoms with Crippen LogP contribution in [-0.4, -0.2) is 10.5 Å². The van der Waals surface area contributed by atoms with E-state index in [0.717, 1.165) is 5.56 Å². The largest absolute Gasteiger partial charge is 0.320 e. The first-order valence-electron chi connectivity index (χ1n) is 7.65. The Morgan fingerprint density at radius 3 is 2.46 bits per heavy atom. The fourth-order valence-corrected chi connectivity index (χ4v) is 3.08. The van der Waals surface area contributed by atoms with Crippen LogP contribution in [0, 0.1) is 0 Å². The number of halogens is 3. The molecule has 0 bridgehead atoms. The lowest BCUT2D eigenvalue weighted by atomic mass is 10.2. The molecule has 1 heterocycles. The molecule has 7 heteroatoms. The predicted octanol–water partition coefficient (Wildman–Crippen LogP) is 5.11. The number of hydrogen-bond acceptors (Lipinski definition) is 2. The number of nitrogens with zero attached hydrogens (tertiary/aromatic N) is 1. The number of aromatic nitrogens is 1. The Morgan fingerprint density at radius 1 is 0.962 bits per heavy atom. The van der Waals surface area contributed by atoms with E-state index in [9.17, 15) is 9.59 Å². The van der Waals surface area contributed by atoms with Crippen LogP contribution in [0.1, 0.15) is 15.9 Å². The van der Waals surface area contributed by atoms with Gasteiger partial charge in [-0.15, -0.1) is 0 Å². The number of rotatable bonds is 4. The summed E-state index contributed by atoms with van der Waals surface area (Å²) >= 11 is 18.1. The summed E-state index contributed by atoms with van der Waals surface area (Å²) in [6, 6.07) is 15.0. The van der Waals surface area contributed by atoms with Crippen molar-refractivity contribution in [3.8, 4) is 0 Å². The summed E-state index contributed by atoms with van der Waals surface area (Å²) in [5.41, 5.74) is 0.747. The monoisotopic (exact) mass is 406 g/mol. The fourth-order valence-electron chi connectivity index (χ4n) is 2.42. The van der Waals surface area contributed by atoms with Crippen molar-refractivity contribution in [3.63, 3.8) is 0 Å². The second-order valence-electron chi connectivity index (χ2n) is 5.52. The van der Waals surface area contributed by atoms with Gasteiger partial charge in [0.2, 0.25) is 0 Å². The maximum absolute atomic E-state index is 12.7. The first kappa shape index (κ1) is 18.5. The van der Waals surface area contributed by atoms with Gasteiger partial charge in [0.25, 0.3) is 11.5 Å². The van der Waals surface area contributed by atoms with Gasteiger partial charge in [-0.3, -0.25) is 9.59 Å². The van der Waals surface area contributed by atoms with Crippen molar-refractivity contribution in [3.05, 3.63) is 97.3 Å². The summed E-state index contributed by atoms with van der Waals surface area (Å²) in [6.07, 6.45) is 1.61. The number of anilines is 1. The Morgan fingerprint density at radius 2 is 1.73 bits per heavy atom. The Bertz CT molecular complexity index is 1030. The molecule has 0 aliphatic heterocycles. The molecule has 1 aromatic heterocycles. The highest BCUT2D eigenvalue weighted by Crippen LogP contribution is 2.25. The van der Waals surface area contributed by atoms with E-state index >= 15 is 0 Å². The molecule has 1 amide bonds. The molecule has 1 N–H and O–H groups in total. The molecule has 0 saturated heterocycles. The summed E-state index contributed by atoms with van der Waals surface area (Å²) in [5.74, 6) is -0.548. The number of benzene rings is 2. The van der Waals surface area contributed by atoms with E-state index in [4.69, 9.17) is 34.8 Å². The smallest absolute Gasteiger partial charge is 0.263 e. The summed E-state index contributed by atoms with van der Waals surface area (Å²) < 4.78 is 1.43. The van der Waals surface area contributed by atoms with E-state index in [2.05, 4.69) is 5.32 Å². The van der Waals surface area contributed by atoms with Crippen LogP contribution >= 0.6 is 34.8 Å². The summed E-state index contributed by atoms with van der Waals surface area (Å²) in [7, 11) is 0. The molecular formula is C19H13Cl3N2O2. The minimum atomic E-state index is -0.548. The van der Waals surface area contributed by atoms with Crippen LogP contribution in [0.2, 0.25) is 15.1 Å². The van der Waals surface area contributed by atoms with Gasteiger partial charge in [-0.25, -0.2) is 0 Å². The molecule has 132 valence electrons. The molecule has 0 spiro atoms. The third-order valence-corrected chi connectivity index (χ3v) is 4.66. The van der Waals surface area contributed by atoms with Crippen molar-refractivity contribution in [1.29, 1.82) is 0 Å². The lowest BCUT2D eigenvalue weighted by molar-refractivity contribution is 0.102. The van der Waals surface area contributed by atoms with E-state index < -0.39 is 11.5 Å². The molecular weight excluding hydrogens is 395 g/mol. The molecule has 0 aliphatic carbocycles. The van der Waals surface area contributed by atoms with Gasteiger partial charge >= 0.3 is 0 Å². The van der Waals surface area contributed by atoms with Crippen molar-refractivity contribution < 1.29 is 4.79 Å². The molecule has 0 aliphatic rings. The first-order valence-corrected chi connectivity index (χ1v) is 8.78. The van der Waals surface area contributed by atoms with Gasteiger partial charge in [0, 0.05) is 16.2 Å². The van der Waals surface area contributed by atoms with Crippen molar-refractivity contribution >= 4 is 46.4 Å². The zero-order valence-electron chi connectivity index (χ0n) is 13.4. The molecule has 4 nitrogen and oxygen atoms in total. The fraction of sp³-hybridized carbons (Fsp3) is 0.0526. The number of carbonyl (C=O) groups excluding carboxylic acids is 1. The van der Waals surface area contributed by atoms with Gasteiger partial charge in [0.05, 0.1) is 17.3 Å². The molecule has 2 aromatic carbocycles. The Labute approximate surface area is 164 Å². The van der Waals surface area contributed by atoms with E-state index in [-0.39, 0.29) is 17.1 Å². The van der Waals surface area contributed by atoms with E-state index in [1.54, 1.807) is 30.5 Å². The van der Waals surface area contributed by atoms with Crippen LogP contribution in [-0.2, 0) is 6.54 Å². The second kappa shape index (κ2) is 7.96. The predicted molar refractivity (Wildman–Crippen MR) is 106 cm³/mol. The first-order chi connectivity index (χ1) is 12.5. The van der Waals surface area contributed by atoms with Crippen molar-refractivity contribution in [1.82, 2.24) is 4.57 Å². The van der Waals surface area contributed by atoms with Crippen LogP contribution in [0.5, 0.6) is 0 Å². The standard InChI is InChI=1S/C19H13Cl3N2O2/c20-13-7-8-17(16(22)10-13)23-18(25)14-5-3-9-24(19(14)26)11-12-4-1-2-6-15(12)21/h1-10H,11H2,(H,23,25). The summed E-state index contributed by atoms with van der Waals surface area (Å²) in [5, 5.41) is 3.93. The number of pyridine rings is 1. The molecule has 3 aromatic rings. The molecule has 0 atom stereocenters. The Balaban J connectivity index is 1.88. The number of amides is 1. The maximum atomic E-state index is 12.7. The third-order valence-electron chi connectivity index (χ3n) is 3.74. The lowest BCUT2D eigenvalue weighted by Gasteiger charge is -2.10. The molecule has 0 fully saturated rings. The molecule has 0 unspecified atom stereocenters. The van der Waals surface area contributed by atoms with Crippen LogP contribution in [0.4, 0.5) is 5.69 Å². The molecule has 26 heavy (non-hydrogen) atoms. The normalized spacial score (nSPS) is 10.6. The lowest BCUT2D eigenvalue weighted by Crippen LogP contribution is -2.29. The topological polar surface area (TPSA) is 51.1 Å². The Kier molecular flexibility index (Phi) is 5.67. The highest BCUT2D eigenvalue weighted by molar-refractivity contribution is 6.36. The highest BCUT2D eigenvalue weighted by Gasteiger charge is 2.14. The molecule has 0 saturated carbocycles. The SMILES string of the molecule is O=C(Nc1ccc(Cl)cc1Cl)c1cccn(Cc2ccccc2Cl)c1=O. The maximum Gasteiger partial charge on any atom is 0.263 e. The second-order valence-corrected chi connectivity index (χ2v) is 6.78. The summed E-state index contributed by atoms with van der Waals surface area (Å²) in [6.45, 7) is 0.265. The molecule has 0 radical (unpaired) electrons.